The maximum absolute atomic E-state index is 12.7. The number of rotatable bonds is 3. The Bertz CT molecular complexity index is 959. The van der Waals surface area contributed by atoms with E-state index in [1.54, 1.807) is 47.9 Å². The van der Waals surface area contributed by atoms with Crippen LogP contribution in [0.5, 0.6) is 0 Å². The molecule has 0 bridgehead atoms. The zero-order chi connectivity index (χ0) is 18.5. The van der Waals surface area contributed by atoms with Crippen molar-refractivity contribution in [3.8, 4) is 0 Å². The van der Waals surface area contributed by atoms with E-state index in [0.717, 1.165) is 6.42 Å². The monoisotopic (exact) mass is 373 g/mol. The quantitative estimate of drug-likeness (QED) is 0.827. The number of hydrogen-bond donors (Lipinski definition) is 1. The topological polar surface area (TPSA) is 92.4 Å². The molecular formula is C18H19N3O4S. The molecule has 3 atom stereocenters. The molecule has 26 heavy (non-hydrogen) atoms. The van der Waals surface area contributed by atoms with Crippen molar-refractivity contribution in [3.05, 3.63) is 40.4 Å². The maximum atomic E-state index is 12.7. The van der Waals surface area contributed by atoms with Gasteiger partial charge in [0.2, 0.25) is 5.91 Å². The van der Waals surface area contributed by atoms with Gasteiger partial charge in [-0.25, -0.2) is 9.78 Å². The van der Waals surface area contributed by atoms with Crippen LogP contribution < -0.4 is 5.56 Å². The van der Waals surface area contributed by atoms with Crippen molar-refractivity contribution in [2.24, 2.45) is 0 Å². The summed E-state index contributed by atoms with van der Waals surface area (Å²) in [5.74, 6) is 0.350. The number of carbonyl (C=O) groups is 2. The molecule has 0 radical (unpaired) electrons. The second kappa shape index (κ2) is 6.12. The number of esters is 1. The molecule has 2 aliphatic heterocycles. The summed E-state index contributed by atoms with van der Waals surface area (Å²) in [7, 11) is 0. The van der Waals surface area contributed by atoms with Gasteiger partial charge in [-0.3, -0.25) is 9.59 Å². The number of para-hydroxylation sites is 1. The lowest BCUT2D eigenvalue weighted by atomic mass is 10.2. The molecule has 4 rings (SSSR count). The van der Waals surface area contributed by atoms with Gasteiger partial charge < -0.3 is 14.6 Å². The fourth-order valence-corrected chi connectivity index (χ4v) is 5.02. The lowest BCUT2D eigenvalue weighted by Gasteiger charge is -2.29. The molecule has 0 aliphatic carbocycles. The van der Waals surface area contributed by atoms with Gasteiger partial charge >= 0.3 is 5.97 Å². The van der Waals surface area contributed by atoms with Gasteiger partial charge in [-0.2, -0.15) is 0 Å². The molecule has 1 amide bonds. The summed E-state index contributed by atoms with van der Waals surface area (Å²) in [5.41, 5.74) is 0.278. The zero-order valence-electron chi connectivity index (χ0n) is 14.5. The SMILES string of the molecule is C[C@H](OC(=O)[C@H]1CS[C@@]2(C)CCC(=O)N12)c1nc2ccccc2c(=O)[nH]1. The predicted molar refractivity (Wildman–Crippen MR) is 97.6 cm³/mol. The number of benzene rings is 1. The normalized spacial score (nSPS) is 26.2. The number of H-pyrrole nitrogens is 1. The Hall–Kier alpha value is -2.35. The summed E-state index contributed by atoms with van der Waals surface area (Å²) in [4.78, 5) is 45.4. The van der Waals surface area contributed by atoms with E-state index < -0.39 is 18.1 Å². The number of fused-ring (bicyclic) bond motifs is 2. The number of thioether (sulfide) groups is 1. The number of amides is 1. The average molecular weight is 373 g/mol. The molecular weight excluding hydrogens is 354 g/mol. The molecule has 7 nitrogen and oxygen atoms in total. The summed E-state index contributed by atoms with van der Waals surface area (Å²) in [6.45, 7) is 3.65. The van der Waals surface area contributed by atoms with Crippen LogP contribution in [0.3, 0.4) is 0 Å². The maximum Gasteiger partial charge on any atom is 0.330 e. The van der Waals surface area contributed by atoms with Crippen LogP contribution in [0, 0.1) is 0 Å². The predicted octanol–water partition coefficient (Wildman–Crippen LogP) is 1.98. The third-order valence-electron chi connectivity index (χ3n) is 5.03. The molecule has 2 aliphatic rings. The molecule has 3 heterocycles. The Labute approximate surface area is 154 Å². The Kier molecular flexibility index (Phi) is 4.02. The second-order valence-corrected chi connectivity index (χ2v) is 8.31. The average Bonchev–Trinajstić information content (AvgIpc) is 3.11. The Morgan fingerprint density at radius 3 is 3.00 bits per heavy atom. The summed E-state index contributed by atoms with van der Waals surface area (Å²) < 4.78 is 5.55. The third kappa shape index (κ3) is 2.68. The smallest absolute Gasteiger partial charge is 0.330 e. The molecule has 2 aromatic rings. The summed E-state index contributed by atoms with van der Waals surface area (Å²) in [6, 6.07) is 6.41. The van der Waals surface area contributed by atoms with E-state index >= 15 is 0 Å². The van der Waals surface area contributed by atoms with Gasteiger partial charge in [0.05, 0.1) is 15.8 Å². The van der Waals surface area contributed by atoms with Gasteiger partial charge in [0.15, 0.2) is 11.9 Å². The van der Waals surface area contributed by atoms with E-state index in [9.17, 15) is 14.4 Å². The minimum Gasteiger partial charge on any atom is -0.453 e. The molecule has 136 valence electrons. The summed E-state index contributed by atoms with van der Waals surface area (Å²) >= 11 is 1.61. The van der Waals surface area contributed by atoms with Crippen LogP contribution in [0.4, 0.5) is 0 Å². The summed E-state index contributed by atoms with van der Waals surface area (Å²) in [5, 5.41) is 0.486. The van der Waals surface area contributed by atoms with Crippen LogP contribution in [-0.4, -0.2) is 43.4 Å². The highest BCUT2D eigenvalue weighted by molar-refractivity contribution is 8.01. The van der Waals surface area contributed by atoms with Crippen molar-refractivity contribution in [1.82, 2.24) is 14.9 Å². The van der Waals surface area contributed by atoms with Crippen molar-refractivity contribution in [1.29, 1.82) is 0 Å². The molecule has 0 unspecified atom stereocenters. The fraction of sp³-hybridized carbons (Fsp3) is 0.444. The number of nitrogens with zero attached hydrogens (tertiary/aromatic N) is 2. The second-order valence-electron chi connectivity index (χ2n) is 6.81. The van der Waals surface area contributed by atoms with E-state index in [1.807, 2.05) is 6.92 Å². The van der Waals surface area contributed by atoms with E-state index in [1.165, 1.54) is 0 Å². The van der Waals surface area contributed by atoms with Crippen molar-refractivity contribution in [2.75, 3.05) is 5.75 Å². The molecule has 1 aromatic heterocycles. The minimum atomic E-state index is -0.714. The van der Waals surface area contributed by atoms with Crippen LogP contribution in [0.2, 0.25) is 0 Å². The van der Waals surface area contributed by atoms with E-state index in [0.29, 0.717) is 28.9 Å². The Morgan fingerprint density at radius 1 is 1.42 bits per heavy atom. The third-order valence-corrected chi connectivity index (χ3v) is 6.53. The highest BCUT2D eigenvalue weighted by Gasteiger charge is 2.53. The van der Waals surface area contributed by atoms with Gasteiger partial charge in [0.1, 0.15) is 6.04 Å². The lowest BCUT2D eigenvalue weighted by molar-refractivity contribution is -0.158. The number of nitrogens with one attached hydrogen (secondary N) is 1. The first-order valence-corrected chi connectivity index (χ1v) is 9.53. The van der Waals surface area contributed by atoms with Crippen LogP contribution >= 0.6 is 11.8 Å². The zero-order valence-corrected chi connectivity index (χ0v) is 15.3. The standard InChI is InChI=1S/C18H19N3O4S/c1-10(15-19-12-6-4-3-5-11(12)16(23)20-15)25-17(24)13-9-26-18(2)8-7-14(22)21(13)18/h3-6,10,13H,7-9H2,1-2H3,(H,19,20,23)/t10-,13+,18-/m0/s1. The van der Waals surface area contributed by atoms with E-state index in [-0.39, 0.29) is 16.3 Å². The Balaban J connectivity index is 1.55. The summed E-state index contributed by atoms with van der Waals surface area (Å²) in [6.07, 6.45) is 0.493. The number of aromatic nitrogens is 2. The molecule has 0 saturated carbocycles. The van der Waals surface area contributed by atoms with E-state index in [4.69, 9.17) is 4.74 Å². The highest BCUT2D eigenvalue weighted by atomic mass is 32.2. The molecule has 8 heteroatoms. The number of ether oxygens (including phenoxy) is 1. The number of carbonyl (C=O) groups excluding carboxylic acids is 2. The Morgan fingerprint density at radius 2 is 2.19 bits per heavy atom. The molecule has 1 N–H and O–H groups in total. The first-order chi connectivity index (χ1) is 12.4. The van der Waals surface area contributed by atoms with E-state index in [2.05, 4.69) is 9.97 Å². The molecule has 2 fully saturated rings. The first kappa shape index (κ1) is 17.1. The first-order valence-electron chi connectivity index (χ1n) is 8.55. The van der Waals surface area contributed by atoms with Gasteiger partial charge in [0, 0.05) is 12.2 Å². The lowest BCUT2D eigenvalue weighted by Crippen LogP contribution is -2.46. The highest BCUT2D eigenvalue weighted by Crippen LogP contribution is 2.47. The van der Waals surface area contributed by atoms with Crippen LogP contribution in [0.15, 0.2) is 29.1 Å². The van der Waals surface area contributed by atoms with Crippen LogP contribution in [0.25, 0.3) is 10.9 Å². The van der Waals surface area contributed by atoms with Gasteiger partial charge in [-0.05, 0) is 32.4 Å². The van der Waals surface area contributed by atoms with Crippen LogP contribution in [0.1, 0.15) is 38.6 Å². The van der Waals surface area contributed by atoms with Crippen molar-refractivity contribution in [3.63, 3.8) is 0 Å². The molecule has 0 spiro atoms. The van der Waals surface area contributed by atoms with Gasteiger partial charge in [-0.1, -0.05) is 12.1 Å². The van der Waals surface area contributed by atoms with Crippen LogP contribution in [-0.2, 0) is 14.3 Å². The number of aromatic amines is 1. The van der Waals surface area contributed by atoms with Crippen molar-refractivity contribution < 1.29 is 14.3 Å². The van der Waals surface area contributed by atoms with Gasteiger partial charge in [-0.15, -0.1) is 11.8 Å². The van der Waals surface area contributed by atoms with Crippen molar-refractivity contribution >= 4 is 34.5 Å². The number of hydrogen-bond acceptors (Lipinski definition) is 6. The minimum absolute atomic E-state index is 0.00987. The fourth-order valence-electron chi connectivity index (χ4n) is 3.60. The molecule has 2 saturated heterocycles. The molecule has 1 aromatic carbocycles. The largest absolute Gasteiger partial charge is 0.453 e. The van der Waals surface area contributed by atoms with Gasteiger partial charge in [0.25, 0.3) is 5.56 Å². The van der Waals surface area contributed by atoms with Crippen molar-refractivity contribution in [2.45, 2.75) is 43.7 Å².